The van der Waals surface area contributed by atoms with Crippen molar-refractivity contribution in [1.82, 2.24) is 4.90 Å². The van der Waals surface area contributed by atoms with Gasteiger partial charge in [-0.25, -0.2) is 0 Å². The molecule has 4 rings (SSSR count). The van der Waals surface area contributed by atoms with Gasteiger partial charge in [-0.1, -0.05) is 42.5 Å². The molecule has 2 fully saturated rings. The van der Waals surface area contributed by atoms with Gasteiger partial charge in [0.2, 0.25) is 5.78 Å². The van der Waals surface area contributed by atoms with E-state index in [-0.39, 0.29) is 11.9 Å². The molecule has 0 radical (unpaired) electrons. The van der Waals surface area contributed by atoms with Crippen molar-refractivity contribution in [3.05, 3.63) is 65.7 Å². The zero-order chi connectivity index (χ0) is 20.4. The molecule has 3 atom stereocenters. The monoisotopic (exact) mass is 393 g/mol. The van der Waals surface area contributed by atoms with Crippen molar-refractivity contribution >= 4 is 17.5 Å². The minimum Gasteiger partial charge on any atom is -0.497 e. The SMILES string of the molecule is COc1ccc(C2C(C(=O)c3ccccc3)C(=O)C(=O)N2CC2CCCO2)cc1. The molecule has 150 valence electrons. The van der Waals surface area contributed by atoms with E-state index >= 15 is 0 Å². The predicted molar refractivity (Wildman–Crippen MR) is 106 cm³/mol. The van der Waals surface area contributed by atoms with Crippen molar-refractivity contribution in [2.24, 2.45) is 5.92 Å². The summed E-state index contributed by atoms with van der Waals surface area (Å²) >= 11 is 0. The quantitative estimate of drug-likeness (QED) is 0.429. The summed E-state index contributed by atoms with van der Waals surface area (Å²) in [4.78, 5) is 40.6. The van der Waals surface area contributed by atoms with Crippen LogP contribution in [0.25, 0.3) is 0 Å². The van der Waals surface area contributed by atoms with Gasteiger partial charge in [-0.05, 0) is 30.5 Å². The molecule has 2 aliphatic heterocycles. The van der Waals surface area contributed by atoms with Crippen molar-refractivity contribution in [2.75, 3.05) is 20.3 Å². The van der Waals surface area contributed by atoms with E-state index in [4.69, 9.17) is 9.47 Å². The average Bonchev–Trinajstić information content (AvgIpc) is 3.36. The number of ether oxygens (including phenoxy) is 2. The Balaban J connectivity index is 1.73. The van der Waals surface area contributed by atoms with Crippen LogP contribution in [0, 0.1) is 5.92 Å². The summed E-state index contributed by atoms with van der Waals surface area (Å²) in [5, 5.41) is 0. The van der Waals surface area contributed by atoms with Gasteiger partial charge in [-0.15, -0.1) is 0 Å². The second kappa shape index (κ2) is 8.17. The topological polar surface area (TPSA) is 72.9 Å². The second-order valence-corrected chi connectivity index (χ2v) is 7.38. The summed E-state index contributed by atoms with van der Waals surface area (Å²) in [7, 11) is 1.57. The zero-order valence-corrected chi connectivity index (χ0v) is 16.2. The first-order chi connectivity index (χ1) is 14.1. The molecule has 0 spiro atoms. The first-order valence-electron chi connectivity index (χ1n) is 9.80. The molecule has 1 amide bonds. The highest BCUT2D eigenvalue weighted by Gasteiger charge is 2.52. The third-order valence-corrected chi connectivity index (χ3v) is 5.63. The number of nitrogens with zero attached hydrogens (tertiary/aromatic N) is 1. The van der Waals surface area contributed by atoms with Gasteiger partial charge >= 0.3 is 0 Å². The van der Waals surface area contributed by atoms with Crippen LogP contribution in [0.1, 0.15) is 34.8 Å². The Bertz CT molecular complexity index is 903. The number of carbonyl (C=O) groups excluding carboxylic acids is 3. The van der Waals surface area contributed by atoms with Crippen molar-refractivity contribution < 1.29 is 23.9 Å². The van der Waals surface area contributed by atoms with Crippen LogP contribution in [0.15, 0.2) is 54.6 Å². The molecule has 29 heavy (non-hydrogen) atoms. The molecule has 0 bridgehead atoms. The van der Waals surface area contributed by atoms with E-state index in [2.05, 4.69) is 0 Å². The Kier molecular flexibility index (Phi) is 5.45. The van der Waals surface area contributed by atoms with Crippen LogP contribution in [0.4, 0.5) is 0 Å². The molecule has 0 aromatic heterocycles. The number of methoxy groups -OCH3 is 1. The molecule has 6 nitrogen and oxygen atoms in total. The molecule has 3 unspecified atom stereocenters. The van der Waals surface area contributed by atoms with Crippen molar-refractivity contribution in [2.45, 2.75) is 25.0 Å². The number of carbonyl (C=O) groups is 3. The van der Waals surface area contributed by atoms with Crippen LogP contribution >= 0.6 is 0 Å². The van der Waals surface area contributed by atoms with E-state index in [9.17, 15) is 14.4 Å². The lowest BCUT2D eigenvalue weighted by Gasteiger charge is -2.29. The van der Waals surface area contributed by atoms with Crippen LogP contribution in [0.5, 0.6) is 5.75 Å². The fourth-order valence-electron chi connectivity index (χ4n) is 4.15. The lowest BCUT2D eigenvalue weighted by molar-refractivity contribution is -0.141. The Morgan fingerprint density at radius 1 is 1.10 bits per heavy atom. The highest BCUT2D eigenvalue weighted by atomic mass is 16.5. The summed E-state index contributed by atoms with van der Waals surface area (Å²) < 4.78 is 10.9. The van der Waals surface area contributed by atoms with Gasteiger partial charge < -0.3 is 14.4 Å². The number of Topliss-reactive ketones (excluding diaryl/α,β-unsaturated/α-hetero) is 2. The van der Waals surface area contributed by atoms with E-state index in [0.29, 0.717) is 24.5 Å². The maximum atomic E-state index is 13.2. The Hall–Kier alpha value is -2.99. The van der Waals surface area contributed by atoms with Gasteiger partial charge in [0, 0.05) is 18.7 Å². The van der Waals surface area contributed by atoms with Gasteiger partial charge in [-0.3, -0.25) is 14.4 Å². The number of amides is 1. The fourth-order valence-corrected chi connectivity index (χ4v) is 4.15. The van der Waals surface area contributed by atoms with Crippen LogP contribution in [-0.2, 0) is 14.3 Å². The standard InChI is InChI=1S/C23H23NO5/c1-28-17-11-9-15(10-12-17)20-19(21(25)16-6-3-2-4-7-16)22(26)23(27)24(20)14-18-8-5-13-29-18/h2-4,6-7,9-12,18-20H,5,8,13-14H2,1H3. The van der Waals surface area contributed by atoms with Gasteiger partial charge in [-0.2, -0.15) is 0 Å². The number of hydrogen-bond donors (Lipinski definition) is 0. The second-order valence-electron chi connectivity index (χ2n) is 7.38. The van der Waals surface area contributed by atoms with Crippen LogP contribution in [0.3, 0.4) is 0 Å². The first-order valence-corrected chi connectivity index (χ1v) is 9.80. The zero-order valence-electron chi connectivity index (χ0n) is 16.2. The van der Waals surface area contributed by atoms with E-state index in [0.717, 1.165) is 18.4 Å². The van der Waals surface area contributed by atoms with Gasteiger partial charge in [0.05, 0.1) is 19.3 Å². The highest BCUT2D eigenvalue weighted by molar-refractivity contribution is 6.44. The number of ketones is 2. The van der Waals surface area contributed by atoms with Crippen LogP contribution in [-0.4, -0.2) is 48.7 Å². The Morgan fingerprint density at radius 2 is 1.83 bits per heavy atom. The minimum atomic E-state index is -1.07. The largest absolute Gasteiger partial charge is 0.497 e. The van der Waals surface area contributed by atoms with Crippen LogP contribution < -0.4 is 4.74 Å². The minimum absolute atomic E-state index is 0.113. The number of rotatable bonds is 6. The van der Waals surface area contributed by atoms with E-state index in [1.165, 1.54) is 4.90 Å². The lowest BCUT2D eigenvalue weighted by Crippen LogP contribution is -2.36. The van der Waals surface area contributed by atoms with Gasteiger partial charge in [0.1, 0.15) is 11.7 Å². The fraction of sp³-hybridized carbons (Fsp3) is 0.348. The van der Waals surface area contributed by atoms with E-state index in [1.807, 2.05) is 18.2 Å². The molecule has 2 aliphatic rings. The Morgan fingerprint density at radius 3 is 2.45 bits per heavy atom. The number of benzene rings is 2. The summed E-state index contributed by atoms with van der Waals surface area (Å²) in [6.45, 7) is 0.958. The van der Waals surface area contributed by atoms with Crippen molar-refractivity contribution in [3.63, 3.8) is 0 Å². The molecule has 0 aliphatic carbocycles. The highest BCUT2D eigenvalue weighted by Crippen LogP contribution is 2.39. The molecular formula is C23H23NO5. The van der Waals surface area contributed by atoms with Gasteiger partial charge in [0.25, 0.3) is 5.91 Å². The molecule has 2 aromatic rings. The smallest absolute Gasteiger partial charge is 0.291 e. The summed E-state index contributed by atoms with van der Waals surface area (Å²) in [5.41, 5.74) is 1.16. The Labute approximate surface area is 169 Å². The molecule has 2 saturated heterocycles. The third-order valence-electron chi connectivity index (χ3n) is 5.63. The van der Waals surface area contributed by atoms with Gasteiger partial charge in [0.15, 0.2) is 5.78 Å². The average molecular weight is 393 g/mol. The van der Waals surface area contributed by atoms with E-state index in [1.54, 1.807) is 43.5 Å². The summed E-state index contributed by atoms with van der Waals surface area (Å²) in [5.74, 6) is -2.01. The van der Waals surface area contributed by atoms with Crippen molar-refractivity contribution in [1.29, 1.82) is 0 Å². The predicted octanol–water partition coefficient (Wildman–Crippen LogP) is 2.83. The van der Waals surface area contributed by atoms with Crippen molar-refractivity contribution in [3.8, 4) is 5.75 Å². The third kappa shape index (κ3) is 3.68. The normalized spacial score (nSPS) is 24.2. The molecule has 6 heteroatoms. The number of likely N-dealkylation sites (tertiary alicyclic amines) is 1. The first kappa shape index (κ1) is 19.3. The summed E-state index contributed by atoms with van der Waals surface area (Å²) in [6, 6.07) is 15.2. The molecule has 0 saturated carbocycles. The molecule has 2 heterocycles. The van der Waals surface area contributed by atoms with Crippen LogP contribution in [0.2, 0.25) is 0 Å². The maximum Gasteiger partial charge on any atom is 0.291 e. The maximum absolute atomic E-state index is 13.2. The lowest BCUT2D eigenvalue weighted by atomic mass is 9.86. The summed E-state index contributed by atoms with van der Waals surface area (Å²) in [6.07, 6.45) is 1.66. The number of hydrogen-bond acceptors (Lipinski definition) is 5. The molecule has 2 aromatic carbocycles. The molecular weight excluding hydrogens is 370 g/mol. The van der Waals surface area contributed by atoms with E-state index < -0.39 is 23.7 Å². The molecule has 0 N–H and O–H groups in total.